The van der Waals surface area contributed by atoms with E-state index in [1.54, 1.807) is 0 Å². The number of aromatic amines is 1. The van der Waals surface area contributed by atoms with Gasteiger partial charge < -0.3 is 25.6 Å². The quantitative estimate of drug-likeness (QED) is 0.230. The molecule has 0 bridgehead atoms. The highest BCUT2D eigenvalue weighted by Crippen LogP contribution is 2.42. The number of aliphatic hydroxyl groups is 2. The van der Waals surface area contributed by atoms with Crippen molar-refractivity contribution >= 4 is 24.9 Å². The number of nitrogens with two attached hydrogens (primary N) is 1. The molecule has 0 aliphatic rings. The van der Waals surface area contributed by atoms with Gasteiger partial charge in [-0.05, 0) is 0 Å². The van der Waals surface area contributed by atoms with Gasteiger partial charge in [0.2, 0.25) is 5.95 Å². The van der Waals surface area contributed by atoms with Crippen molar-refractivity contribution in [1.82, 2.24) is 19.5 Å². The van der Waals surface area contributed by atoms with Gasteiger partial charge in [0.15, 0.2) is 11.2 Å². The molecule has 13 nitrogen and oxygen atoms in total. The molecule has 14 heteroatoms. The molecule has 2 heterocycles. The van der Waals surface area contributed by atoms with Crippen LogP contribution in [0, 0.1) is 0 Å². The summed E-state index contributed by atoms with van der Waals surface area (Å²) >= 11 is 0. The second-order valence-electron chi connectivity index (χ2n) is 4.81. The van der Waals surface area contributed by atoms with Crippen molar-refractivity contribution in [1.29, 1.82) is 0 Å². The van der Waals surface area contributed by atoms with E-state index in [2.05, 4.69) is 24.0 Å². The Kier molecular flexibility index (Phi) is 6.61. The highest BCUT2D eigenvalue weighted by atomic mass is 31.2. The molecule has 0 radical (unpaired) electrons. The number of H-pyrrole nitrogens is 1. The van der Waals surface area contributed by atoms with E-state index in [1.165, 1.54) is 10.9 Å². The Bertz CT molecular complexity index is 807. The summed E-state index contributed by atoms with van der Waals surface area (Å²) in [6.07, 6.45) is 0.0571. The normalized spacial score (nSPS) is 15.3. The van der Waals surface area contributed by atoms with Crippen LogP contribution in [0.1, 0.15) is 0 Å². The molecule has 2 aromatic heterocycles. The smallest absolute Gasteiger partial charge is 0.394 e. The third kappa shape index (κ3) is 5.57. The molecule has 0 saturated heterocycles. The molecule has 0 amide bonds. The highest BCUT2D eigenvalue weighted by Gasteiger charge is 2.22. The largest absolute Gasteiger partial charge is 0.472 e. The van der Waals surface area contributed by atoms with Gasteiger partial charge in [0, 0.05) is 0 Å². The fourth-order valence-electron chi connectivity index (χ4n) is 1.71. The molecule has 2 atom stereocenters. The van der Waals surface area contributed by atoms with Crippen LogP contribution in [0.3, 0.4) is 0 Å². The molecule has 0 fully saturated rings. The number of imidazole rings is 1. The van der Waals surface area contributed by atoms with Gasteiger partial charge in [-0.2, -0.15) is 4.98 Å². The van der Waals surface area contributed by atoms with E-state index < -0.39 is 32.7 Å². The molecule has 2 aromatic rings. The Labute approximate surface area is 140 Å². The Morgan fingerprint density at radius 2 is 2.16 bits per heavy atom. The van der Waals surface area contributed by atoms with Gasteiger partial charge in [-0.15, -0.1) is 0 Å². The lowest BCUT2D eigenvalue weighted by Gasteiger charge is -2.14. The molecule has 0 spiro atoms. The van der Waals surface area contributed by atoms with E-state index in [9.17, 15) is 14.3 Å². The fraction of sp³-hybridized carbons (Fsp3) is 0.545. The number of aromatic nitrogens is 4. The number of phosphoric ester groups is 1. The molecule has 0 aromatic carbocycles. The summed E-state index contributed by atoms with van der Waals surface area (Å²) in [5.74, 6) is -0.0639. The predicted molar refractivity (Wildman–Crippen MR) is 83.3 cm³/mol. The third-order valence-corrected chi connectivity index (χ3v) is 3.83. The summed E-state index contributed by atoms with van der Waals surface area (Å²) in [6.45, 7) is -1.55. The molecule has 0 saturated carbocycles. The van der Waals surface area contributed by atoms with Crippen LogP contribution in [0.15, 0.2) is 11.1 Å². The standard InChI is InChI=1S/C11H18N5O8P/c12-11-14-9-8(10(19)15-11)13-5-16(9)6-22-1-2-23-25(20,21)24-4-7(18)3-17/h5,7,17-18H,1-4,6H2,(H,20,21)(H3,12,14,15,19)/t7-/m1/s1. The number of hydrogen-bond donors (Lipinski definition) is 5. The minimum atomic E-state index is -4.36. The first-order chi connectivity index (χ1) is 11.8. The van der Waals surface area contributed by atoms with Crippen LogP contribution in [0.2, 0.25) is 0 Å². The lowest BCUT2D eigenvalue weighted by molar-refractivity contribution is 0.0219. The highest BCUT2D eigenvalue weighted by molar-refractivity contribution is 7.47. The fourth-order valence-corrected chi connectivity index (χ4v) is 2.45. The van der Waals surface area contributed by atoms with Crippen molar-refractivity contribution in [2.45, 2.75) is 12.8 Å². The van der Waals surface area contributed by atoms with Crippen LogP contribution < -0.4 is 11.3 Å². The molecule has 2 rings (SSSR count). The maximum atomic E-state index is 11.6. The zero-order chi connectivity index (χ0) is 18.4. The zero-order valence-corrected chi connectivity index (χ0v) is 13.8. The number of rotatable bonds is 10. The number of hydrogen-bond acceptors (Lipinski definition) is 10. The van der Waals surface area contributed by atoms with Crippen molar-refractivity contribution in [3.05, 3.63) is 16.7 Å². The molecule has 25 heavy (non-hydrogen) atoms. The number of nitrogen functional groups attached to an aromatic ring is 1. The van der Waals surface area contributed by atoms with Gasteiger partial charge in [-0.3, -0.25) is 23.4 Å². The number of phosphoric acid groups is 1. The van der Waals surface area contributed by atoms with E-state index in [0.717, 1.165) is 0 Å². The van der Waals surface area contributed by atoms with Crippen molar-refractivity contribution in [3.63, 3.8) is 0 Å². The molecular weight excluding hydrogens is 361 g/mol. The van der Waals surface area contributed by atoms with Crippen molar-refractivity contribution in [3.8, 4) is 0 Å². The SMILES string of the molecule is Nc1nc2c(ncn2COCCOP(=O)(O)OC[C@H](O)CO)c(=O)[nH]1. The topological polar surface area (TPSA) is 195 Å². The number of anilines is 1. The first kappa shape index (κ1) is 19.5. The van der Waals surface area contributed by atoms with Gasteiger partial charge in [-0.1, -0.05) is 0 Å². The number of aliphatic hydroxyl groups excluding tert-OH is 2. The van der Waals surface area contributed by atoms with E-state index >= 15 is 0 Å². The van der Waals surface area contributed by atoms with Gasteiger partial charge >= 0.3 is 7.82 Å². The average Bonchev–Trinajstić information content (AvgIpc) is 2.95. The van der Waals surface area contributed by atoms with E-state index in [4.69, 9.17) is 20.7 Å². The predicted octanol–water partition coefficient (Wildman–Crippen LogP) is -1.84. The molecule has 0 aliphatic heterocycles. The average molecular weight is 379 g/mol. The Morgan fingerprint density at radius 3 is 2.88 bits per heavy atom. The number of ether oxygens (including phenoxy) is 1. The van der Waals surface area contributed by atoms with Gasteiger partial charge in [-0.25, -0.2) is 9.55 Å². The van der Waals surface area contributed by atoms with Crippen LogP contribution in [0.5, 0.6) is 0 Å². The number of fused-ring (bicyclic) bond motifs is 1. The minimum Gasteiger partial charge on any atom is -0.394 e. The van der Waals surface area contributed by atoms with Crippen molar-refractivity contribution < 1.29 is 33.5 Å². The Balaban J connectivity index is 1.78. The molecular formula is C11H18N5O8P. The lowest BCUT2D eigenvalue weighted by Crippen LogP contribution is -2.19. The van der Waals surface area contributed by atoms with E-state index in [-0.39, 0.29) is 37.1 Å². The van der Waals surface area contributed by atoms with Gasteiger partial charge in [0.1, 0.15) is 12.8 Å². The van der Waals surface area contributed by atoms with Crippen LogP contribution >= 0.6 is 7.82 Å². The van der Waals surface area contributed by atoms with Crippen LogP contribution in [-0.4, -0.2) is 67.2 Å². The second kappa shape index (κ2) is 8.49. The van der Waals surface area contributed by atoms with Gasteiger partial charge in [0.05, 0.1) is 32.8 Å². The monoisotopic (exact) mass is 379 g/mol. The number of nitrogens with zero attached hydrogens (tertiary/aromatic N) is 3. The second-order valence-corrected chi connectivity index (χ2v) is 6.26. The zero-order valence-electron chi connectivity index (χ0n) is 12.9. The minimum absolute atomic E-state index is 0.0461. The Hall–Kier alpha value is -1.86. The summed E-state index contributed by atoms with van der Waals surface area (Å²) in [7, 11) is -4.36. The molecule has 140 valence electrons. The number of nitrogens with one attached hydrogen (secondary N) is 1. The van der Waals surface area contributed by atoms with Gasteiger partial charge in [0.25, 0.3) is 5.56 Å². The Morgan fingerprint density at radius 1 is 1.40 bits per heavy atom. The van der Waals surface area contributed by atoms with Crippen molar-refractivity contribution in [2.75, 3.05) is 32.2 Å². The molecule has 0 aliphatic carbocycles. The van der Waals surface area contributed by atoms with Crippen LogP contribution in [-0.2, 0) is 25.1 Å². The maximum Gasteiger partial charge on any atom is 0.472 e. The summed E-state index contributed by atoms with van der Waals surface area (Å²) in [6, 6.07) is 0. The summed E-state index contributed by atoms with van der Waals surface area (Å²) in [5, 5.41) is 17.6. The summed E-state index contributed by atoms with van der Waals surface area (Å²) < 4.78 is 27.2. The van der Waals surface area contributed by atoms with Crippen LogP contribution in [0.4, 0.5) is 5.95 Å². The molecule has 1 unspecified atom stereocenters. The summed E-state index contributed by atoms with van der Waals surface area (Å²) in [4.78, 5) is 31.1. The first-order valence-electron chi connectivity index (χ1n) is 7.01. The molecule has 6 N–H and O–H groups in total. The van der Waals surface area contributed by atoms with Crippen LogP contribution in [0.25, 0.3) is 11.2 Å². The third-order valence-electron chi connectivity index (χ3n) is 2.85. The lowest BCUT2D eigenvalue weighted by atomic mass is 10.4. The van der Waals surface area contributed by atoms with E-state index in [1.807, 2.05) is 0 Å². The maximum absolute atomic E-state index is 11.6. The van der Waals surface area contributed by atoms with Crippen molar-refractivity contribution in [2.24, 2.45) is 0 Å². The first-order valence-corrected chi connectivity index (χ1v) is 8.51. The van der Waals surface area contributed by atoms with E-state index in [0.29, 0.717) is 0 Å². The summed E-state index contributed by atoms with van der Waals surface area (Å²) in [5.41, 5.74) is 5.32.